The maximum Gasteiger partial charge on any atom is 0.257 e. The normalized spacial score (nSPS) is 13.1. The molecule has 0 aliphatic carbocycles. The molecule has 2 unspecified atom stereocenters. The Bertz CT molecular complexity index is 694. The maximum absolute atomic E-state index is 3.71. The monoisotopic (exact) mass is 630 g/mol. The van der Waals surface area contributed by atoms with Crippen molar-refractivity contribution in [2.75, 3.05) is 0 Å². The average Bonchev–Trinajstić information content (AvgIpc) is 3.54. The second-order valence-corrected chi connectivity index (χ2v) is 15.1. The molecule has 1 aromatic rings. The molecule has 1 aromatic heterocycles. The summed E-state index contributed by atoms with van der Waals surface area (Å²) in [6.07, 6.45) is 53.2. The highest BCUT2D eigenvalue weighted by Gasteiger charge is 2.25. The van der Waals surface area contributed by atoms with Crippen LogP contribution in [-0.2, 0) is 0 Å². The lowest BCUT2D eigenvalue weighted by Crippen LogP contribution is -2.41. The standard InChI is InChI=1S/C43H84N2/c1-5-8-11-13-15-17-19-21-23-24-26-28-30-32-34-36-41(4)45-40-39-44-43(45)42(37-10-7-3)38-35-33-31-29-27-25-22-20-18-16-14-12-9-6-2/h39-42H,5-38H2,1-4H3/p+1. The van der Waals surface area contributed by atoms with Crippen LogP contribution in [0.4, 0.5) is 0 Å². The molecule has 0 saturated carbocycles. The van der Waals surface area contributed by atoms with Crippen molar-refractivity contribution in [3.63, 3.8) is 0 Å². The minimum Gasteiger partial charge on any atom is -0.247 e. The smallest absolute Gasteiger partial charge is 0.247 e. The van der Waals surface area contributed by atoms with Crippen LogP contribution in [0.5, 0.6) is 0 Å². The lowest BCUT2D eigenvalue weighted by Gasteiger charge is -2.17. The van der Waals surface area contributed by atoms with Gasteiger partial charge in [-0.15, -0.1) is 0 Å². The molecule has 0 saturated heterocycles. The number of unbranched alkanes of at least 4 members (excludes halogenated alkanes) is 28. The predicted octanol–water partition coefficient (Wildman–Crippen LogP) is 15.3. The van der Waals surface area contributed by atoms with Gasteiger partial charge >= 0.3 is 0 Å². The minimum absolute atomic E-state index is 0.619. The first-order valence-electron chi connectivity index (χ1n) is 21.3. The molecule has 45 heavy (non-hydrogen) atoms. The van der Waals surface area contributed by atoms with E-state index in [0.29, 0.717) is 12.0 Å². The van der Waals surface area contributed by atoms with Crippen molar-refractivity contribution in [2.24, 2.45) is 0 Å². The zero-order valence-electron chi connectivity index (χ0n) is 31.8. The second kappa shape index (κ2) is 33.1. The van der Waals surface area contributed by atoms with Gasteiger partial charge in [0.2, 0.25) is 0 Å². The fourth-order valence-electron chi connectivity index (χ4n) is 7.47. The molecule has 266 valence electrons. The lowest BCUT2D eigenvalue weighted by atomic mass is 9.93. The molecule has 0 bridgehead atoms. The van der Waals surface area contributed by atoms with E-state index in [1.165, 1.54) is 224 Å². The van der Waals surface area contributed by atoms with Gasteiger partial charge in [0.25, 0.3) is 5.82 Å². The van der Waals surface area contributed by atoms with Gasteiger partial charge in [-0.25, -0.2) is 9.55 Å². The van der Waals surface area contributed by atoms with Crippen molar-refractivity contribution in [3.05, 3.63) is 18.2 Å². The Hall–Kier alpha value is -0.790. The molecule has 0 aromatic carbocycles. The summed E-state index contributed by atoms with van der Waals surface area (Å²) in [6, 6.07) is 0.619. The van der Waals surface area contributed by atoms with Crippen LogP contribution in [0.15, 0.2) is 12.4 Å². The molecular weight excluding hydrogens is 544 g/mol. The van der Waals surface area contributed by atoms with Crippen molar-refractivity contribution in [1.82, 2.24) is 4.98 Å². The van der Waals surface area contributed by atoms with E-state index in [4.69, 9.17) is 0 Å². The highest BCUT2D eigenvalue weighted by Crippen LogP contribution is 2.27. The number of nitrogens with one attached hydrogen (secondary N) is 1. The Morgan fingerprint density at radius 2 is 0.733 bits per heavy atom. The number of aromatic amines is 1. The summed E-state index contributed by atoms with van der Waals surface area (Å²) in [5.41, 5.74) is 0. The number of rotatable bonds is 36. The Kier molecular flexibility index (Phi) is 31.1. The van der Waals surface area contributed by atoms with Gasteiger partial charge in [-0.2, -0.15) is 0 Å². The Morgan fingerprint density at radius 3 is 1.11 bits per heavy atom. The summed E-state index contributed by atoms with van der Waals surface area (Å²) >= 11 is 0. The van der Waals surface area contributed by atoms with Crippen LogP contribution in [0.3, 0.4) is 0 Å². The fourth-order valence-corrected chi connectivity index (χ4v) is 7.47. The third kappa shape index (κ3) is 25.0. The van der Waals surface area contributed by atoms with E-state index in [2.05, 4.69) is 49.6 Å². The van der Waals surface area contributed by atoms with E-state index in [-0.39, 0.29) is 0 Å². The van der Waals surface area contributed by atoms with E-state index in [9.17, 15) is 0 Å². The van der Waals surface area contributed by atoms with Crippen LogP contribution in [0.1, 0.15) is 264 Å². The molecule has 0 spiro atoms. The summed E-state index contributed by atoms with van der Waals surface area (Å²) < 4.78 is 2.62. The van der Waals surface area contributed by atoms with Gasteiger partial charge in [-0.3, -0.25) is 0 Å². The summed E-state index contributed by atoms with van der Waals surface area (Å²) in [5.74, 6) is 2.23. The van der Waals surface area contributed by atoms with Gasteiger partial charge in [0.05, 0.1) is 12.0 Å². The first-order chi connectivity index (χ1) is 22.2. The van der Waals surface area contributed by atoms with Gasteiger partial charge in [-0.1, -0.05) is 213 Å². The molecule has 0 fully saturated rings. The van der Waals surface area contributed by atoms with Gasteiger partial charge in [0.15, 0.2) is 0 Å². The molecule has 2 nitrogen and oxygen atoms in total. The number of hydrogen-bond donors (Lipinski definition) is 1. The number of imidazole rings is 1. The largest absolute Gasteiger partial charge is 0.257 e. The zero-order valence-corrected chi connectivity index (χ0v) is 31.8. The van der Waals surface area contributed by atoms with Crippen molar-refractivity contribution in [2.45, 2.75) is 258 Å². The highest BCUT2D eigenvalue weighted by molar-refractivity contribution is 4.90. The quantitative estimate of drug-likeness (QED) is 0.0563. The van der Waals surface area contributed by atoms with Crippen LogP contribution >= 0.6 is 0 Å². The predicted molar refractivity (Wildman–Crippen MR) is 202 cm³/mol. The Morgan fingerprint density at radius 1 is 0.422 bits per heavy atom. The molecule has 0 radical (unpaired) electrons. The second-order valence-electron chi connectivity index (χ2n) is 15.1. The summed E-state index contributed by atoms with van der Waals surface area (Å²) in [4.78, 5) is 3.71. The van der Waals surface area contributed by atoms with E-state index < -0.39 is 0 Å². The van der Waals surface area contributed by atoms with Gasteiger partial charge in [0.1, 0.15) is 12.4 Å². The molecule has 2 atom stereocenters. The Balaban J connectivity index is 2.14. The van der Waals surface area contributed by atoms with Crippen molar-refractivity contribution < 1.29 is 4.57 Å². The first-order valence-corrected chi connectivity index (χ1v) is 21.3. The lowest BCUT2D eigenvalue weighted by molar-refractivity contribution is -0.727. The van der Waals surface area contributed by atoms with E-state index >= 15 is 0 Å². The van der Waals surface area contributed by atoms with E-state index in [1.54, 1.807) is 0 Å². The number of hydrogen-bond acceptors (Lipinski definition) is 0. The van der Waals surface area contributed by atoms with E-state index in [0.717, 1.165) is 0 Å². The minimum atomic E-state index is 0.619. The molecule has 0 amide bonds. The summed E-state index contributed by atoms with van der Waals surface area (Å²) in [7, 11) is 0. The van der Waals surface area contributed by atoms with Crippen molar-refractivity contribution in [1.29, 1.82) is 0 Å². The third-order valence-corrected chi connectivity index (χ3v) is 10.6. The topological polar surface area (TPSA) is 19.7 Å². The number of nitrogens with zero attached hydrogens (tertiary/aromatic N) is 1. The van der Waals surface area contributed by atoms with E-state index in [1.807, 2.05) is 0 Å². The average molecular weight is 630 g/mol. The highest BCUT2D eigenvalue weighted by atomic mass is 15.1. The van der Waals surface area contributed by atoms with Crippen molar-refractivity contribution in [3.8, 4) is 0 Å². The number of aromatic nitrogens is 2. The molecule has 2 heteroatoms. The van der Waals surface area contributed by atoms with Crippen LogP contribution in [0.25, 0.3) is 0 Å². The Labute approximate surface area is 285 Å². The molecule has 1 N–H and O–H groups in total. The molecular formula is C43H85N2+. The molecule has 0 aliphatic rings. The van der Waals surface area contributed by atoms with Crippen LogP contribution < -0.4 is 4.57 Å². The van der Waals surface area contributed by atoms with Crippen molar-refractivity contribution >= 4 is 0 Å². The van der Waals surface area contributed by atoms with Gasteiger partial charge in [0, 0.05) is 0 Å². The maximum atomic E-state index is 3.71. The molecule has 0 aliphatic heterocycles. The zero-order chi connectivity index (χ0) is 32.5. The molecule has 1 rings (SSSR count). The van der Waals surface area contributed by atoms with Crippen LogP contribution in [0, 0.1) is 0 Å². The SMILES string of the molecule is CCCCCCCCCCCCCCCCCC(C)[n+]1cc[nH]c1C(CCCC)CCCCCCCCCCCCCCCC. The van der Waals surface area contributed by atoms with Crippen LogP contribution in [-0.4, -0.2) is 4.98 Å². The fraction of sp³-hybridized carbons (Fsp3) is 0.930. The molecule has 1 heterocycles. The van der Waals surface area contributed by atoms with Crippen LogP contribution in [0.2, 0.25) is 0 Å². The number of H-pyrrole nitrogens is 1. The summed E-state index contributed by atoms with van der Waals surface area (Å²) in [5, 5.41) is 0. The third-order valence-electron chi connectivity index (χ3n) is 10.6. The first kappa shape index (κ1) is 42.2. The summed E-state index contributed by atoms with van der Waals surface area (Å²) in [6.45, 7) is 9.44. The van der Waals surface area contributed by atoms with Gasteiger partial charge < -0.3 is 0 Å². The van der Waals surface area contributed by atoms with Gasteiger partial charge in [-0.05, 0) is 32.6 Å².